The molecule has 1 amide bonds. The first-order valence-corrected chi connectivity index (χ1v) is 7.59. The highest BCUT2D eigenvalue weighted by molar-refractivity contribution is 6.05. The summed E-state index contributed by atoms with van der Waals surface area (Å²) in [5.74, 6) is 0.139. The maximum Gasteiger partial charge on any atom is 0.278 e. The highest BCUT2D eigenvalue weighted by atomic mass is 16.5. The van der Waals surface area contributed by atoms with Crippen LogP contribution in [0.2, 0.25) is 0 Å². The third-order valence-electron chi connectivity index (χ3n) is 3.40. The van der Waals surface area contributed by atoms with E-state index in [0.717, 1.165) is 0 Å². The van der Waals surface area contributed by atoms with E-state index in [-0.39, 0.29) is 17.2 Å². The lowest BCUT2D eigenvalue weighted by molar-refractivity contribution is 0.101. The topological polar surface area (TPSA) is 120 Å². The smallest absolute Gasteiger partial charge is 0.278 e. The van der Waals surface area contributed by atoms with Gasteiger partial charge in [-0.3, -0.25) is 4.79 Å². The van der Waals surface area contributed by atoms with Crippen molar-refractivity contribution in [1.82, 2.24) is 9.97 Å². The van der Waals surface area contributed by atoms with Crippen LogP contribution >= 0.6 is 0 Å². The second-order valence-corrected chi connectivity index (χ2v) is 5.22. The molecule has 0 spiro atoms. The fourth-order valence-corrected chi connectivity index (χ4v) is 2.17. The number of benzene rings is 1. The minimum absolute atomic E-state index is 0.149. The van der Waals surface area contributed by atoms with Gasteiger partial charge in [0.15, 0.2) is 17.2 Å². The largest absolute Gasteiger partial charge is 0.503 e. The van der Waals surface area contributed by atoms with Crippen molar-refractivity contribution < 1.29 is 19.4 Å². The second-order valence-electron chi connectivity index (χ2n) is 5.22. The van der Waals surface area contributed by atoms with Crippen LogP contribution in [0, 0.1) is 0 Å². The first kappa shape index (κ1) is 17.0. The Kier molecular flexibility index (Phi) is 4.84. The number of ether oxygens (including phenoxy) is 2. The molecule has 2 aromatic heterocycles. The zero-order chi connectivity index (χ0) is 18.5. The zero-order valence-electron chi connectivity index (χ0n) is 13.8. The van der Waals surface area contributed by atoms with Gasteiger partial charge in [0.25, 0.3) is 5.91 Å². The number of carbonyl (C=O) groups excluding carboxylic acids is 1. The second kappa shape index (κ2) is 7.39. The van der Waals surface area contributed by atoms with Gasteiger partial charge in [-0.2, -0.15) is 0 Å². The van der Waals surface area contributed by atoms with Gasteiger partial charge in [0.1, 0.15) is 5.75 Å². The van der Waals surface area contributed by atoms with Crippen molar-refractivity contribution in [3.63, 3.8) is 0 Å². The van der Waals surface area contributed by atoms with Crippen LogP contribution in [0.4, 0.5) is 11.4 Å². The third-order valence-corrected chi connectivity index (χ3v) is 3.40. The van der Waals surface area contributed by atoms with Gasteiger partial charge in [0.2, 0.25) is 5.88 Å². The predicted molar refractivity (Wildman–Crippen MR) is 95.6 cm³/mol. The molecule has 0 aliphatic carbocycles. The first-order chi connectivity index (χ1) is 12.6. The Morgan fingerprint density at radius 3 is 2.73 bits per heavy atom. The van der Waals surface area contributed by atoms with E-state index in [1.165, 1.54) is 25.6 Å². The van der Waals surface area contributed by atoms with E-state index in [9.17, 15) is 9.90 Å². The van der Waals surface area contributed by atoms with Crippen molar-refractivity contribution in [3.8, 4) is 23.1 Å². The Hall–Kier alpha value is -3.81. The van der Waals surface area contributed by atoms with Crippen LogP contribution in [0.15, 0.2) is 54.9 Å². The van der Waals surface area contributed by atoms with Crippen molar-refractivity contribution in [3.05, 3.63) is 60.6 Å². The highest BCUT2D eigenvalue weighted by Gasteiger charge is 2.17. The summed E-state index contributed by atoms with van der Waals surface area (Å²) in [6.07, 6.45) is 2.80. The Morgan fingerprint density at radius 1 is 1.19 bits per heavy atom. The monoisotopic (exact) mass is 352 g/mol. The van der Waals surface area contributed by atoms with Crippen LogP contribution in [-0.2, 0) is 0 Å². The molecular formula is C18H16N4O4. The standard InChI is InChI=1S/C18H16N4O4/c1-25-14-7-8-20-16(17(14)23)18(24)22-12-5-6-15(21-10-12)26-13-4-2-3-11(19)9-13/h2-10,23H,19H2,1H3,(H,22,24). The van der Waals surface area contributed by atoms with Crippen LogP contribution in [0.25, 0.3) is 0 Å². The van der Waals surface area contributed by atoms with Gasteiger partial charge in [-0.1, -0.05) is 6.07 Å². The molecule has 0 unspecified atom stereocenters. The fraction of sp³-hybridized carbons (Fsp3) is 0.0556. The predicted octanol–water partition coefficient (Wildman–Crippen LogP) is 2.82. The zero-order valence-corrected chi connectivity index (χ0v) is 13.8. The van der Waals surface area contributed by atoms with Crippen LogP contribution in [-0.4, -0.2) is 28.1 Å². The lowest BCUT2D eigenvalue weighted by atomic mass is 10.2. The number of amides is 1. The van der Waals surface area contributed by atoms with E-state index in [1.807, 2.05) is 0 Å². The fourth-order valence-electron chi connectivity index (χ4n) is 2.17. The molecule has 0 saturated carbocycles. The molecule has 3 aromatic rings. The molecule has 0 radical (unpaired) electrons. The van der Waals surface area contributed by atoms with Gasteiger partial charge in [-0.05, 0) is 18.2 Å². The number of nitrogens with two attached hydrogens (primary N) is 1. The molecule has 0 saturated heterocycles. The summed E-state index contributed by atoms with van der Waals surface area (Å²) in [6.45, 7) is 0. The van der Waals surface area contributed by atoms with Crippen molar-refractivity contribution in [1.29, 1.82) is 0 Å². The summed E-state index contributed by atoms with van der Waals surface area (Å²) in [7, 11) is 1.39. The number of nitrogen functional groups attached to an aromatic ring is 1. The Bertz CT molecular complexity index is 929. The minimum atomic E-state index is -0.590. The average Bonchev–Trinajstić information content (AvgIpc) is 2.63. The summed E-state index contributed by atoms with van der Waals surface area (Å²) in [5, 5.41) is 12.6. The number of aromatic hydroxyl groups is 1. The minimum Gasteiger partial charge on any atom is -0.503 e. The van der Waals surface area contributed by atoms with Crippen molar-refractivity contribution in [2.45, 2.75) is 0 Å². The van der Waals surface area contributed by atoms with E-state index < -0.39 is 5.91 Å². The van der Waals surface area contributed by atoms with E-state index in [4.69, 9.17) is 15.2 Å². The molecule has 0 aliphatic heterocycles. The molecule has 1 aromatic carbocycles. The number of carbonyl (C=O) groups is 1. The first-order valence-electron chi connectivity index (χ1n) is 7.59. The van der Waals surface area contributed by atoms with E-state index in [1.54, 1.807) is 36.4 Å². The number of methoxy groups -OCH3 is 1. The molecule has 4 N–H and O–H groups in total. The summed E-state index contributed by atoms with van der Waals surface area (Å²) in [6, 6.07) is 11.6. The molecule has 8 nitrogen and oxygen atoms in total. The van der Waals surface area contributed by atoms with E-state index >= 15 is 0 Å². The van der Waals surface area contributed by atoms with E-state index in [0.29, 0.717) is 23.0 Å². The molecule has 132 valence electrons. The Morgan fingerprint density at radius 2 is 2.04 bits per heavy atom. The van der Waals surface area contributed by atoms with Gasteiger partial charge in [-0.15, -0.1) is 0 Å². The molecule has 2 heterocycles. The van der Waals surface area contributed by atoms with Crippen LogP contribution < -0.4 is 20.5 Å². The molecule has 3 rings (SSSR count). The lowest BCUT2D eigenvalue weighted by Crippen LogP contribution is -2.14. The number of pyridine rings is 2. The summed E-state index contributed by atoms with van der Waals surface area (Å²) < 4.78 is 10.5. The van der Waals surface area contributed by atoms with Crippen LogP contribution in [0.1, 0.15) is 10.5 Å². The molecule has 0 fully saturated rings. The number of nitrogens with one attached hydrogen (secondary N) is 1. The van der Waals surface area contributed by atoms with Crippen molar-refractivity contribution >= 4 is 17.3 Å². The maximum absolute atomic E-state index is 12.3. The molecule has 0 bridgehead atoms. The number of hydrogen-bond acceptors (Lipinski definition) is 7. The normalized spacial score (nSPS) is 10.2. The van der Waals surface area contributed by atoms with Gasteiger partial charge < -0.3 is 25.6 Å². The molecule has 26 heavy (non-hydrogen) atoms. The quantitative estimate of drug-likeness (QED) is 0.604. The summed E-state index contributed by atoms with van der Waals surface area (Å²) in [4.78, 5) is 20.2. The highest BCUT2D eigenvalue weighted by Crippen LogP contribution is 2.28. The van der Waals surface area contributed by atoms with Crippen molar-refractivity contribution in [2.24, 2.45) is 0 Å². The number of rotatable bonds is 5. The van der Waals surface area contributed by atoms with Gasteiger partial charge in [0.05, 0.1) is 19.0 Å². The summed E-state index contributed by atoms with van der Waals surface area (Å²) in [5.41, 5.74) is 6.54. The van der Waals surface area contributed by atoms with Gasteiger partial charge in [-0.25, -0.2) is 9.97 Å². The lowest BCUT2D eigenvalue weighted by Gasteiger charge is -2.09. The third kappa shape index (κ3) is 3.81. The van der Waals surface area contributed by atoms with Gasteiger partial charge in [0, 0.05) is 30.1 Å². The van der Waals surface area contributed by atoms with Crippen LogP contribution in [0.5, 0.6) is 23.1 Å². The number of nitrogens with zero attached hydrogens (tertiary/aromatic N) is 2. The summed E-state index contributed by atoms with van der Waals surface area (Å²) >= 11 is 0. The van der Waals surface area contributed by atoms with Crippen molar-refractivity contribution in [2.75, 3.05) is 18.2 Å². The molecule has 8 heteroatoms. The Labute approximate surface area is 149 Å². The number of anilines is 2. The SMILES string of the molecule is COc1ccnc(C(=O)Nc2ccc(Oc3cccc(N)c3)nc2)c1O. The van der Waals surface area contributed by atoms with E-state index in [2.05, 4.69) is 15.3 Å². The Balaban J connectivity index is 1.70. The molecule has 0 atom stereocenters. The van der Waals surface area contributed by atoms with Crippen LogP contribution in [0.3, 0.4) is 0 Å². The maximum atomic E-state index is 12.3. The number of aromatic nitrogens is 2. The van der Waals surface area contributed by atoms with Gasteiger partial charge >= 0.3 is 0 Å². The average molecular weight is 352 g/mol. The number of hydrogen-bond donors (Lipinski definition) is 3. The molecular weight excluding hydrogens is 336 g/mol. The molecule has 0 aliphatic rings.